The summed E-state index contributed by atoms with van der Waals surface area (Å²) in [5.41, 5.74) is -0.369. The summed E-state index contributed by atoms with van der Waals surface area (Å²) in [5.74, 6) is 1.35. The Hall–Kier alpha value is -2.23. The molecule has 3 aromatic heterocycles. The Labute approximate surface area is 177 Å². The number of aromatic nitrogens is 4. The van der Waals surface area contributed by atoms with Gasteiger partial charge in [-0.15, -0.1) is 11.3 Å². The maximum absolute atomic E-state index is 13.4. The van der Waals surface area contributed by atoms with E-state index in [9.17, 15) is 9.90 Å². The van der Waals surface area contributed by atoms with Crippen LogP contribution in [0.4, 0.5) is 0 Å². The fourth-order valence-corrected chi connectivity index (χ4v) is 5.03. The van der Waals surface area contributed by atoms with Crippen molar-refractivity contribution in [2.45, 2.75) is 51.2 Å². The van der Waals surface area contributed by atoms with Crippen LogP contribution < -0.4 is 0 Å². The van der Waals surface area contributed by atoms with E-state index in [1.165, 1.54) is 22.9 Å². The van der Waals surface area contributed by atoms with Crippen molar-refractivity contribution >= 4 is 28.8 Å². The van der Waals surface area contributed by atoms with Gasteiger partial charge in [0.1, 0.15) is 16.4 Å². The molecule has 0 aromatic carbocycles. The molecule has 0 unspecified atom stereocenters. The molecule has 152 valence electrons. The number of thiophene rings is 1. The fraction of sp³-hybridized carbons (Fsp3) is 0.450. The highest BCUT2D eigenvalue weighted by Crippen LogP contribution is 2.34. The summed E-state index contributed by atoms with van der Waals surface area (Å²) in [7, 11) is 0. The standard InChI is InChI=1S/C20H23N5O2S2/c1-12-5-6-13(16-23-19(29-24-16)20(2,3)27)11-25(12)18(26)14-7-10-28-15(14)17-21-8-4-9-22-17/h4,7-10,12-13,27H,5-6,11H2,1-3H3/t12-,13-/m1/s1. The smallest absolute Gasteiger partial charge is 0.255 e. The molecule has 1 aliphatic heterocycles. The van der Waals surface area contributed by atoms with Crippen LogP contribution in [-0.4, -0.2) is 47.8 Å². The maximum Gasteiger partial charge on any atom is 0.255 e. The van der Waals surface area contributed by atoms with Gasteiger partial charge in [-0.25, -0.2) is 15.0 Å². The Balaban J connectivity index is 1.58. The zero-order valence-corrected chi connectivity index (χ0v) is 18.2. The van der Waals surface area contributed by atoms with Gasteiger partial charge in [-0.2, -0.15) is 4.37 Å². The van der Waals surface area contributed by atoms with Gasteiger partial charge >= 0.3 is 0 Å². The largest absolute Gasteiger partial charge is 0.383 e. The third-order valence-electron chi connectivity index (χ3n) is 5.14. The van der Waals surface area contributed by atoms with E-state index in [1.807, 2.05) is 16.3 Å². The molecule has 1 amide bonds. The molecule has 7 nitrogen and oxygen atoms in total. The first-order valence-electron chi connectivity index (χ1n) is 9.57. The Bertz CT molecular complexity index is 996. The first kappa shape index (κ1) is 20.1. The minimum atomic E-state index is -1.01. The zero-order chi connectivity index (χ0) is 20.6. The van der Waals surface area contributed by atoms with Crippen LogP contribution in [0.5, 0.6) is 0 Å². The van der Waals surface area contributed by atoms with Crippen LogP contribution in [0.3, 0.4) is 0 Å². The summed E-state index contributed by atoms with van der Waals surface area (Å²) in [6.07, 6.45) is 5.17. The third-order valence-corrected chi connectivity index (χ3v) is 7.09. The number of piperidine rings is 1. The molecule has 1 aliphatic rings. The average Bonchev–Trinajstić information content (AvgIpc) is 3.38. The minimum Gasteiger partial charge on any atom is -0.383 e. The van der Waals surface area contributed by atoms with Crippen LogP contribution in [-0.2, 0) is 5.60 Å². The topological polar surface area (TPSA) is 92.1 Å². The quantitative estimate of drug-likeness (QED) is 0.680. The van der Waals surface area contributed by atoms with E-state index in [0.29, 0.717) is 28.8 Å². The molecule has 29 heavy (non-hydrogen) atoms. The Kier molecular flexibility index (Phi) is 5.46. The number of carbonyl (C=O) groups is 1. The number of rotatable bonds is 4. The molecule has 3 aromatic rings. The number of amides is 1. The van der Waals surface area contributed by atoms with Crippen LogP contribution in [0.25, 0.3) is 10.7 Å². The average molecular weight is 430 g/mol. The summed E-state index contributed by atoms with van der Waals surface area (Å²) >= 11 is 2.70. The summed E-state index contributed by atoms with van der Waals surface area (Å²) < 4.78 is 4.47. The van der Waals surface area contributed by atoms with Gasteiger partial charge in [0, 0.05) is 30.9 Å². The molecular weight excluding hydrogens is 406 g/mol. The van der Waals surface area contributed by atoms with E-state index in [1.54, 1.807) is 32.3 Å². The number of carbonyl (C=O) groups excluding carboxylic acids is 1. The summed E-state index contributed by atoms with van der Waals surface area (Å²) in [5, 5.41) is 12.7. The lowest BCUT2D eigenvalue weighted by Gasteiger charge is -2.37. The molecule has 2 atom stereocenters. The third kappa shape index (κ3) is 4.08. The minimum absolute atomic E-state index is 0.0103. The molecule has 1 N–H and O–H groups in total. The van der Waals surface area contributed by atoms with Crippen molar-refractivity contribution in [1.29, 1.82) is 0 Å². The van der Waals surface area contributed by atoms with E-state index in [2.05, 4.69) is 26.2 Å². The molecule has 0 spiro atoms. The van der Waals surface area contributed by atoms with E-state index < -0.39 is 5.60 Å². The van der Waals surface area contributed by atoms with E-state index in [0.717, 1.165) is 17.7 Å². The normalized spacial score (nSPS) is 20.1. The molecule has 0 radical (unpaired) electrons. The number of hydrogen-bond acceptors (Lipinski definition) is 8. The van der Waals surface area contributed by atoms with Crippen LogP contribution >= 0.6 is 22.9 Å². The summed E-state index contributed by atoms with van der Waals surface area (Å²) in [6.45, 7) is 6.06. The van der Waals surface area contributed by atoms with Gasteiger partial charge in [-0.1, -0.05) is 0 Å². The molecule has 1 fully saturated rings. The van der Waals surface area contributed by atoms with Crippen molar-refractivity contribution in [3.05, 3.63) is 46.3 Å². The van der Waals surface area contributed by atoms with E-state index >= 15 is 0 Å². The van der Waals surface area contributed by atoms with Crippen LogP contribution in [0.15, 0.2) is 29.9 Å². The second-order valence-corrected chi connectivity index (χ2v) is 9.50. The van der Waals surface area contributed by atoms with Crippen molar-refractivity contribution in [2.75, 3.05) is 6.54 Å². The van der Waals surface area contributed by atoms with Gasteiger partial charge in [0.15, 0.2) is 5.82 Å². The molecule has 0 saturated carbocycles. The molecule has 0 aliphatic carbocycles. The first-order valence-corrected chi connectivity index (χ1v) is 11.2. The number of nitrogens with zero attached hydrogens (tertiary/aromatic N) is 5. The highest BCUT2D eigenvalue weighted by molar-refractivity contribution is 7.14. The predicted molar refractivity (Wildman–Crippen MR) is 113 cm³/mol. The van der Waals surface area contributed by atoms with E-state index in [4.69, 9.17) is 0 Å². The van der Waals surface area contributed by atoms with Crippen molar-refractivity contribution in [3.63, 3.8) is 0 Å². The predicted octanol–water partition coefficient (Wildman–Crippen LogP) is 3.69. The summed E-state index contributed by atoms with van der Waals surface area (Å²) in [6, 6.07) is 3.75. The van der Waals surface area contributed by atoms with Gasteiger partial charge in [0.25, 0.3) is 5.91 Å². The van der Waals surface area contributed by atoms with Gasteiger partial charge in [0.2, 0.25) is 0 Å². The Morgan fingerprint density at radius 3 is 2.72 bits per heavy atom. The monoisotopic (exact) mass is 429 g/mol. The van der Waals surface area contributed by atoms with Gasteiger partial charge < -0.3 is 10.0 Å². The fourth-order valence-electron chi connectivity index (χ4n) is 3.47. The van der Waals surface area contributed by atoms with Crippen molar-refractivity contribution < 1.29 is 9.90 Å². The number of hydrogen-bond donors (Lipinski definition) is 1. The molecule has 9 heteroatoms. The maximum atomic E-state index is 13.4. The van der Waals surface area contributed by atoms with Crippen LogP contribution in [0, 0.1) is 0 Å². The van der Waals surface area contributed by atoms with Crippen molar-refractivity contribution in [3.8, 4) is 10.7 Å². The molecule has 0 bridgehead atoms. The first-order chi connectivity index (χ1) is 13.8. The van der Waals surface area contributed by atoms with E-state index in [-0.39, 0.29) is 17.9 Å². The lowest BCUT2D eigenvalue weighted by Crippen LogP contribution is -2.45. The van der Waals surface area contributed by atoms with Gasteiger partial charge in [-0.3, -0.25) is 4.79 Å². The Morgan fingerprint density at radius 1 is 1.28 bits per heavy atom. The van der Waals surface area contributed by atoms with Crippen LogP contribution in [0.1, 0.15) is 60.7 Å². The Morgan fingerprint density at radius 2 is 2.03 bits per heavy atom. The lowest BCUT2D eigenvalue weighted by molar-refractivity contribution is 0.0604. The summed E-state index contributed by atoms with van der Waals surface area (Å²) in [4.78, 5) is 29.3. The molecule has 1 saturated heterocycles. The van der Waals surface area contributed by atoms with Gasteiger partial charge in [0.05, 0.1) is 10.4 Å². The highest BCUT2D eigenvalue weighted by atomic mass is 32.1. The number of aliphatic hydroxyl groups is 1. The molecule has 4 heterocycles. The molecular formula is C20H23N5O2S2. The second-order valence-electron chi connectivity index (χ2n) is 7.83. The lowest BCUT2D eigenvalue weighted by atomic mass is 9.92. The second kappa shape index (κ2) is 7.89. The highest BCUT2D eigenvalue weighted by Gasteiger charge is 2.34. The van der Waals surface area contributed by atoms with Crippen molar-refractivity contribution in [2.24, 2.45) is 0 Å². The zero-order valence-electron chi connectivity index (χ0n) is 16.6. The number of likely N-dealkylation sites (tertiary alicyclic amines) is 1. The SMILES string of the molecule is C[C@@H]1CC[C@@H](c2nsc(C(C)(C)O)n2)CN1C(=O)c1ccsc1-c1ncccn1. The molecule has 4 rings (SSSR count). The van der Waals surface area contributed by atoms with Gasteiger partial charge in [-0.05, 0) is 62.7 Å². The van der Waals surface area contributed by atoms with Crippen molar-refractivity contribution in [1.82, 2.24) is 24.2 Å². The van der Waals surface area contributed by atoms with Crippen LogP contribution in [0.2, 0.25) is 0 Å².